The average Bonchev–Trinajstić information content (AvgIpc) is 3.26. The number of hydrogen-bond donors (Lipinski definition) is 5. The highest BCUT2D eigenvalue weighted by atomic mass is 16.3. The Bertz CT molecular complexity index is 1340. The first kappa shape index (κ1) is 27.2. The van der Waals surface area contributed by atoms with E-state index >= 15 is 0 Å². The normalized spacial score (nSPS) is 29.8. The van der Waals surface area contributed by atoms with Crippen molar-refractivity contribution in [1.82, 2.24) is 10.2 Å². The molecular formula is C29H37N3O7. The number of carbonyl (C=O) groups is 3. The summed E-state index contributed by atoms with van der Waals surface area (Å²) in [5, 5.41) is 48.4. The molecule has 39 heavy (non-hydrogen) atoms. The number of carbonyl (C=O) groups excluding carboxylic acids is 3. The summed E-state index contributed by atoms with van der Waals surface area (Å²) in [7, 11) is 6.96. The minimum Gasteiger partial charge on any atom is -0.510 e. The number of rotatable bonds is 4. The van der Waals surface area contributed by atoms with E-state index in [2.05, 4.69) is 5.32 Å². The van der Waals surface area contributed by atoms with Gasteiger partial charge in [0.15, 0.2) is 11.4 Å². The molecule has 1 aromatic rings. The largest absolute Gasteiger partial charge is 0.510 e. The number of aromatic hydroxyl groups is 1. The van der Waals surface area contributed by atoms with Crippen molar-refractivity contribution in [3.8, 4) is 5.75 Å². The Labute approximate surface area is 227 Å². The first-order chi connectivity index (χ1) is 18.2. The predicted molar refractivity (Wildman–Crippen MR) is 144 cm³/mol. The Morgan fingerprint density at radius 1 is 1.05 bits per heavy atom. The van der Waals surface area contributed by atoms with Gasteiger partial charge in [-0.1, -0.05) is 12.8 Å². The van der Waals surface area contributed by atoms with Crippen molar-refractivity contribution in [2.24, 2.45) is 11.8 Å². The molecule has 4 aliphatic rings. The van der Waals surface area contributed by atoms with E-state index < -0.39 is 63.6 Å². The molecule has 0 heterocycles. The molecule has 0 aliphatic heterocycles. The zero-order valence-electron chi connectivity index (χ0n) is 23.0. The van der Waals surface area contributed by atoms with E-state index in [0.717, 1.165) is 18.5 Å². The van der Waals surface area contributed by atoms with Crippen molar-refractivity contribution in [3.05, 3.63) is 45.9 Å². The van der Waals surface area contributed by atoms with Gasteiger partial charge in [0.1, 0.15) is 22.8 Å². The number of phenols is 1. The fraction of sp³-hybridized carbons (Fsp3) is 0.552. The number of aliphatic hydroxyl groups is 3. The topological polar surface area (TPSA) is 151 Å². The van der Waals surface area contributed by atoms with Crippen LogP contribution < -0.4 is 10.2 Å². The molecule has 0 spiro atoms. The van der Waals surface area contributed by atoms with Gasteiger partial charge < -0.3 is 30.6 Å². The molecule has 10 heteroatoms. The van der Waals surface area contributed by atoms with Crippen molar-refractivity contribution in [2.75, 3.05) is 33.1 Å². The third-order valence-electron chi connectivity index (χ3n) is 9.17. The van der Waals surface area contributed by atoms with Gasteiger partial charge in [0, 0.05) is 36.8 Å². The van der Waals surface area contributed by atoms with Crippen LogP contribution in [0.25, 0.3) is 0 Å². The Morgan fingerprint density at radius 2 is 1.69 bits per heavy atom. The van der Waals surface area contributed by atoms with E-state index in [1.807, 2.05) is 25.9 Å². The van der Waals surface area contributed by atoms with Crippen molar-refractivity contribution >= 4 is 23.2 Å². The number of Topliss-reactive ketones (excluding diaryl/α,β-unsaturated/α-hetero) is 2. The molecule has 0 unspecified atom stereocenters. The van der Waals surface area contributed by atoms with Gasteiger partial charge in [0.25, 0.3) is 5.91 Å². The quantitative estimate of drug-likeness (QED) is 0.363. The molecule has 0 bridgehead atoms. The highest BCUT2D eigenvalue weighted by Crippen LogP contribution is 2.53. The van der Waals surface area contributed by atoms with Crippen LogP contribution in [-0.2, 0) is 16.0 Å². The number of ketones is 2. The van der Waals surface area contributed by atoms with Crippen LogP contribution in [0.3, 0.4) is 0 Å². The van der Waals surface area contributed by atoms with E-state index in [1.54, 1.807) is 25.1 Å². The third-order valence-corrected chi connectivity index (χ3v) is 9.17. The molecule has 10 nitrogen and oxygen atoms in total. The van der Waals surface area contributed by atoms with Crippen LogP contribution in [0.5, 0.6) is 5.75 Å². The van der Waals surface area contributed by atoms with Gasteiger partial charge in [-0.2, -0.15) is 0 Å². The summed E-state index contributed by atoms with van der Waals surface area (Å²) < 4.78 is 0. The summed E-state index contributed by atoms with van der Waals surface area (Å²) >= 11 is 0. The molecule has 0 aromatic heterocycles. The Balaban J connectivity index is 1.65. The molecule has 1 saturated carbocycles. The molecule has 5 N–H and O–H groups in total. The van der Waals surface area contributed by atoms with Crippen molar-refractivity contribution in [1.29, 1.82) is 0 Å². The SMILES string of the molecule is CN(C)c1ccc(O)c2c1C[C@@H]1C[C@@H]3[C@@H](N(C)C)C(O)=C(C(=O)NC4(C)CCCC4)C(=O)[C@]3(O)C(O)=C1C2=O. The summed E-state index contributed by atoms with van der Waals surface area (Å²) in [4.78, 5) is 44.6. The summed E-state index contributed by atoms with van der Waals surface area (Å²) in [6, 6.07) is 2.15. The van der Waals surface area contributed by atoms with E-state index in [0.29, 0.717) is 18.4 Å². The Morgan fingerprint density at radius 3 is 2.28 bits per heavy atom. The number of likely N-dealkylation sites (N-methyl/N-ethyl adjacent to an activating group) is 1. The molecule has 4 atom stereocenters. The standard InChI is InChI=1S/C29H37N3O7/c1-28(10-6-7-11-28)30-27(38)21-24(35)22(32(4)5)16-13-14-12-15-17(31(2)3)8-9-18(33)20(15)23(34)19(14)25(36)29(16,39)26(21)37/h8-9,14,16,22,33,35-36,39H,6-7,10-13H2,1-5H3,(H,30,38)/t14-,16-,22-,29-/m1/s1. The van der Waals surface area contributed by atoms with E-state index in [-0.39, 0.29) is 29.7 Å². The van der Waals surface area contributed by atoms with Crippen molar-refractivity contribution < 1.29 is 34.8 Å². The van der Waals surface area contributed by atoms with E-state index in [4.69, 9.17) is 0 Å². The summed E-state index contributed by atoms with van der Waals surface area (Å²) in [6.07, 6.45) is 3.64. The minimum atomic E-state index is -2.60. The maximum atomic E-state index is 13.9. The summed E-state index contributed by atoms with van der Waals surface area (Å²) in [5.74, 6) is -5.72. The number of nitrogens with one attached hydrogen (secondary N) is 1. The van der Waals surface area contributed by atoms with Crippen LogP contribution in [-0.4, -0.2) is 88.2 Å². The number of benzene rings is 1. The second-order valence-corrected chi connectivity index (χ2v) is 12.2. The van der Waals surface area contributed by atoms with Gasteiger partial charge >= 0.3 is 0 Å². The molecule has 210 valence electrons. The van der Waals surface area contributed by atoms with Gasteiger partial charge in [0.05, 0.1) is 11.6 Å². The molecule has 1 amide bonds. The zero-order chi connectivity index (χ0) is 28.6. The van der Waals surface area contributed by atoms with Crippen LogP contribution >= 0.6 is 0 Å². The van der Waals surface area contributed by atoms with Crippen LogP contribution in [0.15, 0.2) is 34.8 Å². The maximum Gasteiger partial charge on any atom is 0.258 e. The maximum absolute atomic E-state index is 13.9. The number of nitrogens with zero attached hydrogens (tertiary/aromatic N) is 2. The highest BCUT2D eigenvalue weighted by molar-refractivity contribution is 6.25. The van der Waals surface area contributed by atoms with E-state index in [1.165, 1.54) is 6.07 Å². The molecule has 4 aliphatic carbocycles. The predicted octanol–water partition coefficient (Wildman–Crippen LogP) is 2.15. The highest BCUT2D eigenvalue weighted by Gasteiger charge is 2.63. The summed E-state index contributed by atoms with van der Waals surface area (Å²) in [5.41, 5.74) is -2.51. The number of amides is 1. The number of hydrogen-bond acceptors (Lipinski definition) is 9. The average molecular weight is 540 g/mol. The van der Waals surface area contributed by atoms with Crippen LogP contribution in [0.2, 0.25) is 0 Å². The second-order valence-electron chi connectivity index (χ2n) is 12.2. The number of fused-ring (bicyclic) bond motifs is 3. The van der Waals surface area contributed by atoms with Crippen LogP contribution in [0.4, 0.5) is 5.69 Å². The van der Waals surface area contributed by atoms with Gasteiger partial charge in [-0.05, 0) is 70.3 Å². The van der Waals surface area contributed by atoms with Gasteiger partial charge in [-0.15, -0.1) is 0 Å². The smallest absolute Gasteiger partial charge is 0.258 e. The number of anilines is 1. The first-order valence-electron chi connectivity index (χ1n) is 13.4. The molecular weight excluding hydrogens is 502 g/mol. The van der Waals surface area contributed by atoms with Crippen molar-refractivity contribution in [2.45, 2.75) is 62.6 Å². The lowest BCUT2D eigenvalue weighted by Crippen LogP contribution is -2.64. The molecule has 0 saturated heterocycles. The Hall–Kier alpha value is -3.37. The number of aliphatic hydroxyl groups excluding tert-OH is 2. The fourth-order valence-corrected chi connectivity index (χ4v) is 7.25. The minimum absolute atomic E-state index is 0.0268. The molecule has 1 aromatic carbocycles. The zero-order valence-corrected chi connectivity index (χ0v) is 23.0. The van der Waals surface area contributed by atoms with Crippen LogP contribution in [0, 0.1) is 11.8 Å². The van der Waals surface area contributed by atoms with E-state index in [9.17, 15) is 34.8 Å². The number of allylic oxidation sites excluding steroid dienone is 1. The van der Waals surface area contributed by atoms with Crippen LogP contribution in [0.1, 0.15) is 54.9 Å². The monoisotopic (exact) mass is 539 g/mol. The third kappa shape index (κ3) is 3.87. The fourth-order valence-electron chi connectivity index (χ4n) is 7.25. The molecule has 0 radical (unpaired) electrons. The Kier molecular flexibility index (Phi) is 6.34. The lowest BCUT2D eigenvalue weighted by atomic mass is 9.58. The molecule has 5 rings (SSSR count). The molecule has 1 fully saturated rings. The second kappa shape index (κ2) is 9.09. The lowest BCUT2D eigenvalue weighted by molar-refractivity contribution is -0.149. The number of phenolic OH excluding ortho intramolecular Hbond substituents is 1. The van der Waals surface area contributed by atoms with Gasteiger partial charge in [-0.3, -0.25) is 19.3 Å². The van der Waals surface area contributed by atoms with Gasteiger partial charge in [-0.25, -0.2) is 0 Å². The lowest BCUT2D eigenvalue weighted by Gasteiger charge is -2.50. The first-order valence-corrected chi connectivity index (χ1v) is 13.4. The van der Waals surface area contributed by atoms with Crippen molar-refractivity contribution in [3.63, 3.8) is 0 Å². The summed E-state index contributed by atoms with van der Waals surface area (Å²) in [6.45, 7) is 1.88. The van der Waals surface area contributed by atoms with Gasteiger partial charge in [0.2, 0.25) is 5.78 Å².